The van der Waals surface area contributed by atoms with E-state index < -0.39 is 0 Å². The number of fused-ring (bicyclic) bond motifs is 2. The van der Waals surface area contributed by atoms with Gasteiger partial charge in [-0.25, -0.2) is 10.4 Å². The van der Waals surface area contributed by atoms with Crippen LogP contribution in [0.2, 0.25) is 0 Å². The van der Waals surface area contributed by atoms with E-state index in [1.54, 1.807) is 17.6 Å². The maximum atomic E-state index is 11.9. The van der Waals surface area contributed by atoms with Gasteiger partial charge >= 0.3 is 0 Å². The number of nitrogens with zero attached hydrogens (tertiary/aromatic N) is 2. The van der Waals surface area contributed by atoms with Crippen molar-refractivity contribution in [2.75, 3.05) is 5.75 Å². The van der Waals surface area contributed by atoms with Crippen LogP contribution in [-0.2, 0) is 4.79 Å². The summed E-state index contributed by atoms with van der Waals surface area (Å²) in [4.78, 5) is 19.6. The van der Waals surface area contributed by atoms with Crippen LogP contribution in [0.15, 0.2) is 64.0 Å². The van der Waals surface area contributed by atoms with Gasteiger partial charge in [-0.1, -0.05) is 42.1 Å². The normalized spacial score (nSPS) is 11.5. The number of H-pyrrole nitrogens is 1. The zero-order chi connectivity index (χ0) is 17.1. The number of carbonyl (C=O) groups excluding carboxylic acids is 1. The first kappa shape index (κ1) is 15.9. The number of nitrogens with one attached hydrogen (secondary N) is 2. The molecular formula is C18H14N4OS2. The molecule has 2 aromatic heterocycles. The third kappa shape index (κ3) is 3.72. The van der Waals surface area contributed by atoms with Gasteiger partial charge in [0.2, 0.25) is 0 Å². The van der Waals surface area contributed by atoms with E-state index in [1.165, 1.54) is 11.8 Å². The van der Waals surface area contributed by atoms with Crippen LogP contribution in [0, 0.1) is 0 Å². The van der Waals surface area contributed by atoms with Gasteiger partial charge in [0.05, 0.1) is 27.9 Å². The van der Waals surface area contributed by atoms with E-state index in [4.69, 9.17) is 0 Å². The highest BCUT2D eigenvalue weighted by Gasteiger charge is 2.07. The Morgan fingerprint density at radius 2 is 2.08 bits per heavy atom. The molecule has 0 unspecified atom stereocenters. The molecule has 25 heavy (non-hydrogen) atoms. The maximum absolute atomic E-state index is 11.9. The number of benzene rings is 2. The molecule has 0 saturated carbocycles. The number of hydrazone groups is 1. The first-order valence-corrected chi connectivity index (χ1v) is 9.46. The Morgan fingerprint density at radius 3 is 2.96 bits per heavy atom. The van der Waals surface area contributed by atoms with Crippen LogP contribution >= 0.6 is 23.1 Å². The highest BCUT2D eigenvalue weighted by atomic mass is 32.2. The lowest BCUT2D eigenvalue weighted by Crippen LogP contribution is -2.19. The minimum absolute atomic E-state index is 0.156. The second kappa shape index (κ2) is 7.08. The number of aromatic nitrogens is 2. The van der Waals surface area contributed by atoms with Crippen LogP contribution in [0.1, 0.15) is 5.69 Å². The Hall–Kier alpha value is -2.64. The molecule has 2 heterocycles. The van der Waals surface area contributed by atoms with Crippen molar-refractivity contribution >= 4 is 56.3 Å². The van der Waals surface area contributed by atoms with E-state index in [0.717, 1.165) is 31.2 Å². The number of thioether (sulfide) groups is 1. The summed E-state index contributed by atoms with van der Waals surface area (Å²) in [5.41, 5.74) is 5.40. The quantitative estimate of drug-likeness (QED) is 0.318. The molecule has 0 fully saturated rings. The first-order chi connectivity index (χ1) is 12.3. The number of hydrogen-bond acceptors (Lipinski definition) is 5. The van der Waals surface area contributed by atoms with Crippen molar-refractivity contribution in [2.24, 2.45) is 5.10 Å². The maximum Gasteiger partial charge on any atom is 0.250 e. The van der Waals surface area contributed by atoms with Crippen molar-refractivity contribution in [2.45, 2.75) is 4.34 Å². The average molecular weight is 366 g/mol. The summed E-state index contributed by atoms with van der Waals surface area (Å²) in [5, 5.41) is 5.12. The zero-order valence-electron chi connectivity index (χ0n) is 13.1. The highest BCUT2D eigenvalue weighted by Crippen LogP contribution is 2.28. The molecule has 0 spiro atoms. The molecule has 0 aliphatic heterocycles. The fourth-order valence-electron chi connectivity index (χ4n) is 2.41. The van der Waals surface area contributed by atoms with Gasteiger partial charge in [0.1, 0.15) is 0 Å². The molecule has 4 rings (SSSR count). The lowest BCUT2D eigenvalue weighted by atomic mass is 10.2. The van der Waals surface area contributed by atoms with Crippen LogP contribution in [0.5, 0.6) is 0 Å². The molecule has 7 heteroatoms. The number of hydrogen-bond donors (Lipinski definition) is 2. The summed E-state index contributed by atoms with van der Waals surface area (Å²) >= 11 is 3.01. The summed E-state index contributed by atoms with van der Waals surface area (Å²) < 4.78 is 2.01. The number of para-hydroxylation sites is 2. The van der Waals surface area contributed by atoms with Gasteiger partial charge in [0, 0.05) is 10.9 Å². The topological polar surface area (TPSA) is 70.1 Å². The van der Waals surface area contributed by atoms with Gasteiger partial charge in [-0.15, -0.1) is 11.3 Å². The molecule has 4 aromatic rings. The average Bonchev–Trinajstić information content (AvgIpc) is 3.23. The predicted octanol–water partition coefficient (Wildman–Crippen LogP) is 4.02. The Morgan fingerprint density at radius 1 is 1.24 bits per heavy atom. The summed E-state index contributed by atoms with van der Waals surface area (Å²) in [7, 11) is 0. The molecule has 0 bridgehead atoms. The third-order valence-corrected chi connectivity index (χ3v) is 5.72. The standard InChI is InChI=1S/C18H14N4OS2/c23-17(11-24-18-21-15-7-3-4-8-16(15)25-18)22-19-10-13-9-12-5-1-2-6-14(12)20-13/h1-10,20H,11H2,(H,22,23)/b19-10-. The van der Waals surface area contributed by atoms with Crippen LogP contribution in [0.3, 0.4) is 0 Å². The molecule has 5 nitrogen and oxygen atoms in total. The Kier molecular flexibility index (Phi) is 4.49. The van der Waals surface area contributed by atoms with Crippen molar-refractivity contribution in [1.82, 2.24) is 15.4 Å². The number of rotatable bonds is 5. The number of carbonyl (C=O) groups is 1. The Labute approximate surface area is 152 Å². The van der Waals surface area contributed by atoms with Crippen molar-refractivity contribution in [3.63, 3.8) is 0 Å². The predicted molar refractivity (Wildman–Crippen MR) is 104 cm³/mol. The SMILES string of the molecule is O=C(CSc1nc2ccccc2s1)N/N=C\c1cc2ccccc2[nH]1. The second-order valence-electron chi connectivity index (χ2n) is 5.34. The lowest BCUT2D eigenvalue weighted by Gasteiger charge is -1.96. The van der Waals surface area contributed by atoms with E-state index in [2.05, 4.69) is 20.5 Å². The van der Waals surface area contributed by atoms with Gasteiger partial charge in [-0.3, -0.25) is 4.79 Å². The van der Waals surface area contributed by atoms with Crippen molar-refractivity contribution in [3.8, 4) is 0 Å². The Bertz CT molecular complexity index is 1000. The summed E-state index contributed by atoms with van der Waals surface area (Å²) in [6.45, 7) is 0. The van der Waals surface area contributed by atoms with Gasteiger partial charge in [-0.2, -0.15) is 5.10 Å². The van der Waals surface area contributed by atoms with Crippen LogP contribution in [-0.4, -0.2) is 27.8 Å². The largest absolute Gasteiger partial charge is 0.354 e. The van der Waals surface area contributed by atoms with Gasteiger partial charge in [-0.05, 0) is 24.3 Å². The molecule has 0 aliphatic rings. The van der Waals surface area contributed by atoms with Gasteiger partial charge < -0.3 is 4.98 Å². The molecule has 124 valence electrons. The monoisotopic (exact) mass is 366 g/mol. The summed E-state index contributed by atoms with van der Waals surface area (Å²) in [6.07, 6.45) is 1.61. The molecule has 2 N–H and O–H groups in total. The fourth-order valence-corrected chi connectivity index (χ4v) is 4.27. The van der Waals surface area contributed by atoms with Crippen LogP contribution < -0.4 is 5.43 Å². The third-order valence-electron chi connectivity index (χ3n) is 3.54. The molecule has 0 aliphatic carbocycles. The lowest BCUT2D eigenvalue weighted by molar-refractivity contribution is -0.118. The van der Waals surface area contributed by atoms with Crippen LogP contribution in [0.4, 0.5) is 0 Å². The summed E-state index contributed by atoms with van der Waals surface area (Å²) in [6, 6.07) is 17.9. The van der Waals surface area contributed by atoms with Crippen molar-refractivity contribution in [1.29, 1.82) is 0 Å². The highest BCUT2D eigenvalue weighted by molar-refractivity contribution is 8.01. The zero-order valence-corrected chi connectivity index (χ0v) is 14.7. The fraction of sp³-hybridized carbons (Fsp3) is 0.0556. The van der Waals surface area contributed by atoms with Gasteiger partial charge in [0.25, 0.3) is 5.91 Å². The molecule has 1 amide bonds. The van der Waals surface area contributed by atoms with E-state index in [-0.39, 0.29) is 11.7 Å². The Balaban J connectivity index is 1.32. The van der Waals surface area contributed by atoms with E-state index in [1.807, 2.05) is 54.6 Å². The minimum atomic E-state index is -0.156. The smallest absolute Gasteiger partial charge is 0.250 e. The van der Waals surface area contributed by atoms with Crippen molar-refractivity contribution in [3.05, 3.63) is 60.3 Å². The minimum Gasteiger partial charge on any atom is -0.354 e. The van der Waals surface area contributed by atoms with Crippen molar-refractivity contribution < 1.29 is 4.79 Å². The number of thiazole rings is 1. The number of aromatic amines is 1. The molecule has 2 aromatic carbocycles. The number of amides is 1. The second-order valence-corrected chi connectivity index (χ2v) is 7.59. The first-order valence-electron chi connectivity index (χ1n) is 7.66. The van der Waals surface area contributed by atoms with E-state index in [0.29, 0.717) is 0 Å². The molecule has 0 radical (unpaired) electrons. The van der Waals surface area contributed by atoms with Gasteiger partial charge in [0.15, 0.2) is 4.34 Å². The van der Waals surface area contributed by atoms with E-state index in [9.17, 15) is 4.79 Å². The van der Waals surface area contributed by atoms with E-state index >= 15 is 0 Å². The summed E-state index contributed by atoms with van der Waals surface area (Å²) in [5.74, 6) is 0.126. The van der Waals surface area contributed by atoms with Crippen LogP contribution in [0.25, 0.3) is 21.1 Å². The molecule has 0 saturated heterocycles. The molecular weight excluding hydrogens is 352 g/mol. The molecule has 0 atom stereocenters.